The minimum absolute atomic E-state index is 0.0241. The summed E-state index contributed by atoms with van der Waals surface area (Å²) in [5.41, 5.74) is 12.2. The number of hydrogen-bond donors (Lipinski definition) is 3. The fourth-order valence-electron chi connectivity index (χ4n) is 4.52. The Morgan fingerprint density at radius 3 is 2.45 bits per heavy atom. The van der Waals surface area contributed by atoms with E-state index in [2.05, 4.69) is 19.7 Å². The van der Waals surface area contributed by atoms with E-state index in [1.54, 1.807) is 13.0 Å². The van der Waals surface area contributed by atoms with Crippen LogP contribution in [-0.2, 0) is 16.2 Å². The van der Waals surface area contributed by atoms with Gasteiger partial charge in [0, 0.05) is 22.8 Å². The molecular weight excluding hydrogens is 435 g/mol. The first kappa shape index (κ1) is 20.2. The summed E-state index contributed by atoms with van der Waals surface area (Å²) in [7, 11) is -3.82. The summed E-state index contributed by atoms with van der Waals surface area (Å²) in [5, 5.41) is 0. The van der Waals surface area contributed by atoms with Gasteiger partial charge in [0.2, 0.25) is 27.6 Å². The molecule has 3 aromatic rings. The van der Waals surface area contributed by atoms with E-state index in [0.717, 1.165) is 4.40 Å². The van der Waals surface area contributed by atoms with E-state index >= 15 is 0 Å². The zero-order chi connectivity index (χ0) is 22.4. The van der Waals surface area contributed by atoms with Crippen LogP contribution in [0.1, 0.15) is 30.7 Å². The van der Waals surface area contributed by atoms with Crippen LogP contribution in [0.15, 0.2) is 29.3 Å². The van der Waals surface area contributed by atoms with E-state index in [1.807, 2.05) is 0 Å². The summed E-state index contributed by atoms with van der Waals surface area (Å²) in [6.45, 7) is 1.73. The summed E-state index contributed by atoms with van der Waals surface area (Å²) < 4.78 is 68.6. The van der Waals surface area contributed by atoms with Gasteiger partial charge >= 0.3 is 6.18 Å². The molecule has 164 valence electrons. The number of nitrogens with one attached hydrogen (secondary N) is 1. The summed E-state index contributed by atoms with van der Waals surface area (Å²) in [5.74, 6) is -2.12. The van der Waals surface area contributed by atoms with Gasteiger partial charge in [-0.2, -0.15) is 23.1 Å². The fraction of sp³-hybridized carbons (Fsp3) is 0.389. The van der Waals surface area contributed by atoms with Crippen LogP contribution >= 0.6 is 0 Å². The van der Waals surface area contributed by atoms with E-state index in [4.69, 9.17) is 11.5 Å². The average molecular weight is 453 g/mol. The van der Waals surface area contributed by atoms with Crippen LogP contribution in [0.25, 0.3) is 17.0 Å². The number of hydrogen-bond acceptors (Lipinski definition) is 7. The second kappa shape index (κ2) is 5.93. The van der Waals surface area contributed by atoms with Gasteiger partial charge in [-0.1, -0.05) is 6.07 Å². The third-order valence-electron chi connectivity index (χ3n) is 5.83. The Kier molecular flexibility index (Phi) is 3.85. The Balaban J connectivity index is 1.53. The molecule has 3 fully saturated rings. The summed E-state index contributed by atoms with van der Waals surface area (Å²) in [4.78, 5) is 10.8. The van der Waals surface area contributed by atoms with Crippen LogP contribution in [0.5, 0.6) is 0 Å². The van der Waals surface area contributed by atoms with Gasteiger partial charge in [-0.25, -0.2) is 18.1 Å². The van der Waals surface area contributed by atoms with Crippen LogP contribution in [0.4, 0.5) is 19.1 Å². The fourth-order valence-corrected chi connectivity index (χ4v) is 5.94. The molecule has 3 aliphatic rings. The smallest absolute Gasteiger partial charge is 0.369 e. The average Bonchev–Trinajstić information content (AvgIpc) is 3.03. The molecule has 2 bridgehead atoms. The van der Waals surface area contributed by atoms with Crippen molar-refractivity contribution in [2.24, 2.45) is 5.73 Å². The molecule has 3 saturated carbocycles. The molecule has 2 heterocycles. The molecule has 3 aliphatic carbocycles. The molecule has 0 amide bonds. The summed E-state index contributed by atoms with van der Waals surface area (Å²) in [6, 6.07) is 4.50. The molecule has 0 unspecified atom stereocenters. The quantitative estimate of drug-likeness (QED) is 0.545. The van der Waals surface area contributed by atoms with Gasteiger partial charge in [-0.05, 0) is 43.9 Å². The number of aryl methyl sites for hydroxylation is 1. The number of sulfonamides is 1. The minimum atomic E-state index is -4.78. The highest BCUT2D eigenvalue weighted by Gasteiger charge is 2.67. The third-order valence-corrected chi connectivity index (χ3v) is 7.41. The molecule has 13 heteroatoms. The summed E-state index contributed by atoms with van der Waals surface area (Å²) in [6.07, 6.45) is -1.60. The maximum atomic E-state index is 13.0. The molecule has 6 rings (SSSR count). The monoisotopic (exact) mass is 453 g/mol. The number of nitrogens with zero attached hydrogens (tertiary/aromatic N) is 4. The SMILES string of the molecule is Cc1ccc(S(=O)(=O)NC23CC(N)(C2)C3)cc1-c1cn2c(N)nc(C(F)(F)F)nc2n1. The Morgan fingerprint density at radius 1 is 1.16 bits per heavy atom. The van der Waals surface area contributed by atoms with Gasteiger partial charge in [-0.15, -0.1) is 0 Å². The first-order valence-corrected chi connectivity index (χ1v) is 10.8. The lowest BCUT2D eigenvalue weighted by atomic mass is 9.45. The van der Waals surface area contributed by atoms with Crippen molar-refractivity contribution in [2.45, 2.75) is 48.3 Å². The number of nitrogens with two attached hydrogens (primary N) is 2. The highest BCUT2D eigenvalue weighted by molar-refractivity contribution is 7.89. The van der Waals surface area contributed by atoms with Crippen molar-refractivity contribution >= 4 is 21.7 Å². The maximum absolute atomic E-state index is 13.0. The lowest BCUT2D eigenvalue weighted by Gasteiger charge is -2.68. The number of rotatable bonds is 4. The topological polar surface area (TPSA) is 141 Å². The Bertz CT molecular complexity index is 1330. The molecule has 2 aromatic heterocycles. The third kappa shape index (κ3) is 3.15. The lowest BCUT2D eigenvalue weighted by molar-refractivity contribution is -0.144. The standard InChI is InChI=1S/C18H18F3N7O2S/c1-9-2-3-10(31(29,30)27-17-6-16(23,7-17)8-17)4-11(9)12-5-28-14(22)25-13(18(19,20)21)26-15(28)24-12/h2-5,27H,6-8,23H2,1H3,(H2,22,24,25,26). The molecule has 5 N–H and O–H groups in total. The number of nitrogen functional groups attached to an aromatic ring is 1. The Morgan fingerprint density at radius 2 is 1.84 bits per heavy atom. The second-order valence-corrected chi connectivity index (χ2v) is 10.1. The highest BCUT2D eigenvalue weighted by Crippen LogP contribution is 2.59. The van der Waals surface area contributed by atoms with Crippen LogP contribution in [0.2, 0.25) is 0 Å². The zero-order valence-electron chi connectivity index (χ0n) is 16.2. The Hall–Kier alpha value is -2.77. The van der Waals surface area contributed by atoms with Gasteiger partial charge in [0.05, 0.1) is 10.6 Å². The number of benzene rings is 1. The molecule has 0 aliphatic heterocycles. The highest BCUT2D eigenvalue weighted by atomic mass is 32.2. The van der Waals surface area contributed by atoms with E-state index in [1.165, 1.54) is 18.3 Å². The zero-order valence-corrected chi connectivity index (χ0v) is 17.0. The predicted molar refractivity (Wildman–Crippen MR) is 104 cm³/mol. The van der Waals surface area contributed by atoms with Gasteiger partial charge in [0.25, 0.3) is 0 Å². The van der Waals surface area contributed by atoms with E-state index in [0.29, 0.717) is 30.4 Å². The van der Waals surface area contributed by atoms with Crippen LogP contribution in [-0.4, -0.2) is 38.8 Å². The van der Waals surface area contributed by atoms with E-state index in [9.17, 15) is 21.6 Å². The number of alkyl halides is 3. The van der Waals surface area contributed by atoms with Crippen molar-refractivity contribution in [1.82, 2.24) is 24.1 Å². The molecule has 0 atom stereocenters. The van der Waals surface area contributed by atoms with Crippen molar-refractivity contribution in [3.8, 4) is 11.3 Å². The minimum Gasteiger partial charge on any atom is -0.369 e. The molecule has 0 spiro atoms. The molecule has 0 radical (unpaired) electrons. The number of imidazole rings is 1. The molecule has 31 heavy (non-hydrogen) atoms. The molecule has 1 aromatic carbocycles. The summed E-state index contributed by atoms with van der Waals surface area (Å²) >= 11 is 0. The van der Waals surface area contributed by atoms with Crippen molar-refractivity contribution < 1.29 is 21.6 Å². The van der Waals surface area contributed by atoms with Crippen LogP contribution < -0.4 is 16.2 Å². The van der Waals surface area contributed by atoms with E-state index < -0.39 is 33.5 Å². The van der Waals surface area contributed by atoms with Crippen LogP contribution in [0.3, 0.4) is 0 Å². The second-order valence-electron chi connectivity index (χ2n) is 8.45. The van der Waals surface area contributed by atoms with Gasteiger partial charge in [0.1, 0.15) is 0 Å². The number of aromatic nitrogens is 4. The molecule has 9 nitrogen and oxygen atoms in total. The normalized spacial score (nSPS) is 25.3. The van der Waals surface area contributed by atoms with Crippen molar-refractivity contribution in [3.63, 3.8) is 0 Å². The van der Waals surface area contributed by atoms with Crippen molar-refractivity contribution in [3.05, 3.63) is 35.8 Å². The number of anilines is 1. The maximum Gasteiger partial charge on any atom is 0.451 e. The van der Waals surface area contributed by atoms with Gasteiger partial charge < -0.3 is 11.5 Å². The molecule has 0 saturated heterocycles. The van der Waals surface area contributed by atoms with Gasteiger partial charge in [-0.3, -0.25) is 4.40 Å². The number of halogens is 3. The first-order valence-electron chi connectivity index (χ1n) is 9.33. The lowest BCUT2D eigenvalue weighted by Crippen LogP contribution is -2.82. The Labute approximate surface area is 174 Å². The first-order chi connectivity index (χ1) is 14.3. The number of fused-ring (bicyclic) bond motifs is 1. The van der Waals surface area contributed by atoms with Crippen molar-refractivity contribution in [2.75, 3.05) is 5.73 Å². The molecular formula is C18H18F3N7O2S. The predicted octanol–water partition coefficient (Wildman–Crippen LogP) is 1.61. The van der Waals surface area contributed by atoms with E-state index in [-0.39, 0.29) is 21.9 Å². The van der Waals surface area contributed by atoms with Crippen molar-refractivity contribution in [1.29, 1.82) is 0 Å². The largest absolute Gasteiger partial charge is 0.451 e. The van der Waals surface area contributed by atoms with Crippen LogP contribution in [0, 0.1) is 6.92 Å². The van der Waals surface area contributed by atoms with Gasteiger partial charge in [0.15, 0.2) is 0 Å².